The number of halogens is 3. The number of nitrogen functional groups attached to an aromatic ring is 1. The van der Waals surface area contributed by atoms with Crippen molar-refractivity contribution in [1.29, 1.82) is 0 Å². The fourth-order valence-corrected chi connectivity index (χ4v) is 3.33. The number of para-hydroxylation sites is 3. The van der Waals surface area contributed by atoms with E-state index in [2.05, 4.69) is 5.32 Å². The van der Waals surface area contributed by atoms with Gasteiger partial charge in [-0.2, -0.15) is 0 Å². The second-order valence-corrected chi connectivity index (χ2v) is 7.49. The fourth-order valence-electron chi connectivity index (χ4n) is 3.33. The molecular weight excluding hydrogens is 463 g/mol. The molecular formula is C25H20F3N3O4. The van der Waals surface area contributed by atoms with E-state index in [1.54, 1.807) is 48.5 Å². The summed E-state index contributed by atoms with van der Waals surface area (Å²) in [6, 6.07) is 20.4. The van der Waals surface area contributed by atoms with Crippen LogP contribution >= 0.6 is 0 Å². The van der Waals surface area contributed by atoms with Crippen molar-refractivity contribution in [2.24, 2.45) is 0 Å². The SMILES string of the molecule is Nc1ccccc1NC(=O)c1ccc(OCCN(C(=O)c2cc3ccccc3o2)C(F)(F)F)cc1. The van der Waals surface area contributed by atoms with Gasteiger partial charge in [0.25, 0.3) is 11.8 Å². The van der Waals surface area contributed by atoms with Crippen molar-refractivity contribution in [1.82, 2.24) is 4.90 Å². The Balaban J connectivity index is 1.37. The number of hydrogen-bond donors (Lipinski definition) is 2. The van der Waals surface area contributed by atoms with Crippen LogP contribution in [0, 0.1) is 0 Å². The molecule has 0 bridgehead atoms. The highest BCUT2D eigenvalue weighted by molar-refractivity contribution is 6.05. The molecule has 3 aromatic carbocycles. The lowest BCUT2D eigenvalue weighted by atomic mass is 10.2. The molecule has 0 radical (unpaired) electrons. The van der Waals surface area contributed by atoms with Crippen LogP contribution in [0.4, 0.5) is 24.5 Å². The molecule has 180 valence electrons. The Morgan fingerprint density at radius 2 is 1.66 bits per heavy atom. The molecule has 0 saturated carbocycles. The smallest absolute Gasteiger partial charge is 0.487 e. The first-order valence-electron chi connectivity index (χ1n) is 10.5. The standard InChI is InChI=1S/C25H20F3N3O4/c26-25(27,28)31(24(33)22-15-17-5-1-4-8-21(17)35-22)13-14-34-18-11-9-16(10-12-18)23(32)30-20-7-3-2-6-19(20)29/h1-12,15H,13-14,29H2,(H,30,32). The number of ether oxygens (including phenoxy) is 1. The van der Waals surface area contributed by atoms with E-state index < -0.39 is 37.0 Å². The van der Waals surface area contributed by atoms with Crippen molar-refractivity contribution in [3.63, 3.8) is 0 Å². The second-order valence-electron chi connectivity index (χ2n) is 7.49. The molecule has 0 aliphatic heterocycles. The molecule has 0 saturated heterocycles. The molecule has 35 heavy (non-hydrogen) atoms. The summed E-state index contributed by atoms with van der Waals surface area (Å²) in [5, 5.41) is 3.20. The predicted octanol–water partition coefficient (Wildman–Crippen LogP) is 5.31. The summed E-state index contributed by atoms with van der Waals surface area (Å²) < 4.78 is 51.3. The molecule has 1 aromatic heterocycles. The van der Waals surface area contributed by atoms with Gasteiger partial charge in [-0.05, 0) is 48.5 Å². The summed E-state index contributed by atoms with van der Waals surface area (Å²) in [6.07, 6.45) is -4.93. The number of carbonyl (C=O) groups is 2. The number of rotatable bonds is 7. The molecule has 1 heterocycles. The molecule has 0 spiro atoms. The zero-order chi connectivity index (χ0) is 25.0. The third-order valence-corrected chi connectivity index (χ3v) is 5.10. The quantitative estimate of drug-likeness (QED) is 0.274. The lowest BCUT2D eigenvalue weighted by Crippen LogP contribution is -2.45. The van der Waals surface area contributed by atoms with Gasteiger partial charge in [0.05, 0.1) is 17.9 Å². The van der Waals surface area contributed by atoms with Gasteiger partial charge in [-0.15, -0.1) is 13.2 Å². The Morgan fingerprint density at radius 3 is 2.34 bits per heavy atom. The van der Waals surface area contributed by atoms with E-state index in [0.717, 1.165) is 0 Å². The van der Waals surface area contributed by atoms with E-state index in [0.29, 0.717) is 27.9 Å². The van der Waals surface area contributed by atoms with E-state index in [1.807, 2.05) is 0 Å². The Labute approximate surface area is 197 Å². The number of benzene rings is 3. The monoisotopic (exact) mass is 483 g/mol. The van der Waals surface area contributed by atoms with E-state index in [9.17, 15) is 22.8 Å². The zero-order valence-corrected chi connectivity index (χ0v) is 18.2. The Morgan fingerprint density at radius 1 is 0.971 bits per heavy atom. The molecule has 2 amide bonds. The number of nitrogens with one attached hydrogen (secondary N) is 1. The van der Waals surface area contributed by atoms with Crippen LogP contribution in [0.2, 0.25) is 0 Å². The van der Waals surface area contributed by atoms with E-state index in [-0.39, 0.29) is 10.6 Å². The summed E-state index contributed by atoms with van der Waals surface area (Å²) in [5.41, 5.74) is 7.29. The highest BCUT2D eigenvalue weighted by Gasteiger charge is 2.42. The first-order valence-corrected chi connectivity index (χ1v) is 10.5. The Bertz CT molecular complexity index is 1320. The molecule has 0 unspecified atom stereocenters. The molecule has 0 atom stereocenters. The van der Waals surface area contributed by atoms with Crippen LogP contribution < -0.4 is 15.8 Å². The van der Waals surface area contributed by atoms with Gasteiger partial charge in [0.1, 0.15) is 17.9 Å². The van der Waals surface area contributed by atoms with Gasteiger partial charge < -0.3 is 20.2 Å². The van der Waals surface area contributed by atoms with E-state index >= 15 is 0 Å². The van der Waals surface area contributed by atoms with Crippen molar-refractivity contribution in [2.45, 2.75) is 6.30 Å². The Hall–Kier alpha value is -4.47. The maximum atomic E-state index is 13.5. The lowest BCUT2D eigenvalue weighted by molar-refractivity contribution is -0.226. The maximum absolute atomic E-state index is 13.5. The number of alkyl halides is 3. The molecule has 0 aliphatic carbocycles. The summed E-state index contributed by atoms with van der Waals surface area (Å²) in [6.45, 7) is -1.19. The summed E-state index contributed by atoms with van der Waals surface area (Å²) in [5.74, 6) is -1.91. The summed E-state index contributed by atoms with van der Waals surface area (Å²) >= 11 is 0. The van der Waals surface area contributed by atoms with Crippen LogP contribution in [0.3, 0.4) is 0 Å². The summed E-state index contributed by atoms with van der Waals surface area (Å²) in [7, 11) is 0. The van der Waals surface area contributed by atoms with Crippen molar-refractivity contribution in [3.8, 4) is 5.75 Å². The number of fused-ring (bicyclic) bond motifs is 1. The Kier molecular flexibility index (Phi) is 6.63. The van der Waals surface area contributed by atoms with Gasteiger partial charge >= 0.3 is 6.30 Å². The molecule has 0 fully saturated rings. The number of nitrogens with two attached hydrogens (primary N) is 1. The number of nitrogens with zero attached hydrogens (tertiary/aromatic N) is 1. The van der Waals surface area contributed by atoms with Gasteiger partial charge in [0.15, 0.2) is 5.76 Å². The minimum Gasteiger partial charge on any atom is -0.492 e. The van der Waals surface area contributed by atoms with Gasteiger partial charge in [-0.25, -0.2) is 4.90 Å². The largest absolute Gasteiger partial charge is 0.492 e. The first kappa shape index (κ1) is 23.7. The molecule has 0 aliphatic rings. The van der Waals surface area contributed by atoms with Crippen LogP contribution in [0.1, 0.15) is 20.9 Å². The number of anilines is 2. The van der Waals surface area contributed by atoms with Crippen molar-refractivity contribution >= 4 is 34.2 Å². The zero-order valence-electron chi connectivity index (χ0n) is 18.2. The molecule has 4 rings (SSSR count). The predicted molar refractivity (Wildman–Crippen MR) is 124 cm³/mol. The average molecular weight is 483 g/mol. The minimum atomic E-state index is -4.93. The topological polar surface area (TPSA) is 97.8 Å². The van der Waals surface area contributed by atoms with Crippen LogP contribution in [-0.2, 0) is 0 Å². The highest BCUT2D eigenvalue weighted by atomic mass is 19.4. The van der Waals surface area contributed by atoms with Crippen molar-refractivity contribution in [2.75, 3.05) is 24.2 Å². The average Bonchev–Trinajstić information content (AvgIpc) is 3.27. The number of hydrogen-bond acceptors (Lipinski definition) is 5. The number of furan rings is 1. The molecule has 7 nitrogen and oxygen atoms in total. The molecule has 3 N–H and O–H groups in total. The molecule has 10 heteroatoms. The third kappa shape index (κ3) is 5.55. The first-order chi connectivity index (χ1) is 16.7. The van der Waals surface area contributed by atoms with Crippen LogP contribution in [0.25, 0.3) is 11.0 Å². The third-order valence-electron chi connectivity index (χ3n) is 5.10. The van der Waals surface area contributed by atoms with E-state index in [4.69, 9.17) is 14.9 Å². The van der Waals surface area contributed by atoms with E-state index in [1.165, 1.54) is 30.3 Å². The summed E-state index contributed by atoms with van der Waals surface area (Å²) in [4.78, 5) is 24.6. The number of amides is 2. The van der Waals surface area contributed by atoms with Crippen LogP contribution in [0.5, 0.6) is 5.75 Å². The minimum absolute atomic E-state index is 0.235. The van der Waals surface area contributed by atoms with Gasteiger partial charge in [-0.3, -0.25) is 9.59 Å². The lowest BCUT2D eigenvalue weighted by Gasteiger charge is -2.24. The fraction of sp³-hybridized carbons (Fsp3) is 0.120. The van der Waals surface area contributed by atoms with Crippen molar-refractivity contribution in [3.05, 3.63) is 90.2 Å². The van der Waals surface area contributed by atoms with Crippen LogP contribution in [0.15, 0.2) is 83.3 Å². The highest BCUT2D eigenvalue weighted by Crippen LogP contribution is 2.27. The second kappa shape index (κ2) is 9.80. The van der Waals surface area contributed by atoms with Crippen molar-refractivity contribution < 1.29 is 31.9 Å². The molecule has 4 aromatic rings. The van der Waals surface area contributed by atoms with Gasteiger partial charge in [-0.1, -0.05) is 30.3 Å². The number of carbonyl (C=O) groups excluding carboxylic acids is 2. The van der Waals surface area contributed by atoms with Crippen LogP contribution in [-0.4, -0.2) is 36.2 Å². The van der Waals surface area contributed by atoms with Gasteiger partial charge in [0, 0.05) is 10.9 Å². The van der Waals surface area contributed by atoms with Gasteiger partial charge in [0.2, 0.25) is 0 Å². The normalized spacial score (nSPS) is 11.3. The maximum Gasteiger partial charge on any atom is 0.487 e.